The standard InChI is InChI=1S/C10H19N3O/c1-10(2,3)13-9(11)8(7-12-13)5-4-6-14/h7,14H,4-6,11H2,1-3H3. The summed E-state index contributed by atoms with van der Waals surface area (Å²) in [7, 11) is 0. The summed E-state index contributed by atoms with van der Waals surface area (Å²) in [5.41, 5.74) is 6.89. The number of aliphatic hydroxyl groups is 1. The van der Waals surface area contributed by atoms with Gasteiger partial charge in [-0.2, -0.15) is 5.10 Å². The molecule has 0 radical (unpaired) electrons. The molecule has 0 spiro atoms. The summed E-state index contributed by atoms with van der Waals surface area (Å²) in [6.45, 7) is 6.38. The molecule has 0 saturated carbocycles. The Balaban J connectivity index is 2.86. The van der Waals surface area contributed by atoms with Crippen LogP contribution in [0.15, 0.2) is 6.20 Å². The van der Waals surface area contributed by atoms with Crippen LogP contribution in [0.2, 0.25) is 0 Å². The van der Waals surface area contributed by atoms with Gasteiger partial charge in [0, 0.05) is 12.2 Å². The quantitative estimate of drug-likeness (QED) is 0.764. The molecule has 0 saturated heterocycles. The first-order valence-corrected chi connectivity index (χ1v) is 4.90. The average molecular weight is 197 g/mol. The lowest BCUT2D eigenvalue weighted by molar-refractivity contribution is 0.288. The molecule has 0 aliphatic rings. The summed E-state index contributed by atoms with van der Waals surface area (Å²) in [5.74, 6) is 0.714. The molecular formula is C10H19N3O. The van der Waals surface area contributed by atoms with Crippen LogP contribution in [-0.2, 0) is 12.0 Å². The van der Waals surface area contributed by atoms with E-state index >= 15 is 0 Å². The van der Waals surface area contributed by atoms with E-state index in [0.29, 0.717) is 5.82 Å². The number of aromatic nitrogens is 2. The third-order valence-electron chi connectivity index (χ3n) is 2.13. The lowest BCUT2D eigenvalue weighted by atomic mass is 10.1. The summed E-state index contributed by atoms with van der Waals surface area (Å²) in [6, 6.07) is 0. The van der Waals surface area contributed by atoms with E-state index in [-0.39, 0.29) is 12.1 Å². The molecular weight excluding hydrogens is 178 g/mol. The highest BCUT2D eigenvalue weighted by Crippen LogP contribution is 2.21. The largest absolute Gasteiger partial charge is 0.396 e. The van der Waals surface area contributed by atoms with Crippen LogP contribution in [-0.4, -0.2) is 21.5 Å². The maximum atomic E-state index is 8.72. The Kier molecular flexibility index (Phi) is 3.16. The Morgan fingerprint density at radius 1 is 1.50 bits per heavy atom. The third-order valence-corrected chi connectivity index (χ3v) is 2.13. The number of rotatable bonds is 3. The second kappa shape index (κ2) is 4.00. The number of nitrogens with zero attached hydrogens (tertiary/aromatic N) is 2. The molecule has 4 nitrogen and oxygen atoms in total. The van der Waals surface area contributed by atoms with E-state index in [2.05, 4.69) is 25.9 Å². The van der Waals surface area contributed by atoms with E-state index in [4.69, 9.17) is 10.8 Å². The first kappa shape index (κ1) is 11.0. The normalized spacial score (nSPS) is 12.0. The predicted molar refractivity (Wildman–Crippen MR) is 57.0 cm³/mol. The Bertz CT molecular complexity index is 299. The number of hydrogen-bond donors (Lipinski definition) is 2. The molecule has 1 aromatic heterocycles. The summed E-state index contributed by atoms with van der Waals surface area (Å²) in [4.78, 5) is 0. The first-order valence-electron chi connectivity index (χ1n) is 4.90. The Morgan fingerprint density at radius 3 is 2.57 bits per heavy atom. The Hall–Kier alpha value is -1.03. The van der Waals surface area contributed by atoms with Crippen molar-refractivity contribution < 1.29 is 5.11 Å². The van der Waals surface area contributed by atoms with Gasteiger partial charge in [0.25, 0.3) is 0 Å². The van der Waals surface area contributed by atoms with Gasteiger partial charge in [0.2, 0.25) is 0 Å². The summed E-state index contributed by atoms with van der Waals surface area (Å²) in [5, 5.41) is 13.0. The predicted octanol–water partition coefficient (Wildman–Crippen LogP) is 1.15. The zero-order chi connectivity index (χ0) is 10.8. The molecule has 1 aromatic rings. The van der Waals surface area contributed by atoms with Crippen molar-refractivity contribution in [3.05, 3.63) is 11.8 Å². The van der Waals surface area contributed by atoms with Crippen LogP contribution < -0.4 is 5.73 Å². The lowest BCUT2D eigenvalue weighted by Gasteiger charge is -2.20. The molecule has 0 unspecified atom stereocenters. The molecule has 1 rings (SSSR count). The van der Waals surface area contributed by atoms with Gasteiger partial charge in [-0.1, -0.05) is 0 Å². The zero-order valence-corrected chi connectivity index (χ0v) is 9.12. The molecule has 0 atom stereocenters. The van der Waals surface area contributed by atoms with Crippen LogP contribution in [0.1, 0.15) is 32.8 Å². The van der Waals surface area contributed by atoms with Crippen LogP contribution in [0, 0.1) is 0 Å². The number of anilines is 1. The van der Waals surface area contributed by atoms with Crippen molar-refractivity contribution in [2.75, 3.05) is 12.3 Å². The van der Waals surface area contributed by atoms with Crippen molar-refractivity contribution >= 4 is 5.82 Å². The van der Waals surface area contributed by atoms with Crippen molar-refractivity contribution in [1.82, 2.24) is 9.78 Å². The first-order chi connectivity index (χ1) is 6.46. The van der Waals surface area contributed by atoms with Crippen molar-refractivity contribution in [2.45, 2.75) is 39.2 Å². The van der Waals surface area contributed by atoms with E-state index in [1.165, 1.54) is 0 Å². The van der Waals surface area contributed by atoms with Crippen LogP contribution in [0.25, 0.3) is 0 Å². The number of nitrogen functional groups attached to an aromatic ring is 1. The van der Waals surface area contributed by atoms with E-state index in [1.54, 1.807) is 6.20 Å². The zero-order valence-electron chi connectivity index (χ0n) is 9.12. The van der Waals surface area contributed by atoms with Gasteiger partial charge in [0.15, 0.2) is 0 Å². The minimum Gasteiger partial charge on any atom is -0.396 e. The molecule has 1 heterocycles. The highest BCUT2D eigenvalue weighted by atomic mass is 16.2. The van der Waals surface area contributed by atoms with E-state index in [9.17, 15) is 0 Å². The lowest BCUT2D eigenvalue weighted by Crippen LogP contribution is -2.24. The minimum absolute atomic E-state index is 0.0818. The van der Waals surface area contributed by atoms with Crippen LogP contribution in [0.3, 0.4) is 0 Å². The molecule has 0 aromatic carbocycles. The minimum atomic E-state index is -0.0818. The van der Waals surface area contributed by atoms with Crippen LogP contribution in [0.5, 0.6) is 0 Å². The highest BCUT2D eigenvalue weighted by molar-refractivity contribution is 5.39. The number of aryl methyl sites for hydroxylation is 1. The van der Waals surface area contributed by atoms with Gasteiger partial charge in [-0.25, -0.2) is 4.68 Å². The van der Waals surface area contributed by atoms with Gasteiger partial charge in [-0.15, -0.1) is 0 Å². The molecule has 0 amide bonds. The number of aliphatic hydroxyl groups excluding tert-OH is 1. The summed E-state index contributed by atoms with van der Waals surface area (Å²) < 4.78 is 1.82. The SMILES string of the molecule is CC(C)(C)n1ncc(CCCO)c1N. The van der Waals surface area contributed by atoms with Crippen molar-refractivity contribution in [2.24, 2.45) is 0 Å². The Morgan fingerprint density at radius 2 is 2.14 bits per heavy atom. The summed E-state index contributed by atoms with van der Waals surface area (Å²) in [6.07, 6.45) is 3.31. The monoisotopic (exact) mass is 197 g/mol. The van der Waals surface area contributed by atoms with E-state index in [1.807, 2.05) is 4.68 Å². The molecule has 4 heteroatoms. The fourth-order valence-electron chi connectivity index (χ4n) is 1.39. The van der Waals surface area contributed by atoms with Gasteiger partial charge in [0.1, 0.15) is 5.82 Å². The molecule has 0 aliphatic carbocycles. The molecule has 80 valence electrons. The van der Waals surface area contributed by atoms with Gasteiger partial charge in [-0.05, 0) is 33.6 Å². The molecule has 0 aliphatic heterocycles. The van der Waals surface area contributed by atoms with Crippen molar-refractivity contribution in [3.63, 3.8) is 0 Å². The Labute approximate surface area is 84.7 Å². The maximum absolute atomic E-state index is 8.72. The molecule has 0 fully saturated rings. The second-order valence-corrected chi connectivity index (χ2v) is 4.46. The van der Waals surface area contributed by atoms with Crippen molar-refractivity contribution in [3.8, 4) is 0 Å². The van der Waals surface area contributed by atoms with Gasteiger partial charge >= 0.3 is 0 Å². The van der Waals surface area contributed by atoms with Crippen LogP contribution in [0.4, 0.5) is 5.82 Å². The van der Waals surface area contributed by atoms with E-state index < -0.39 is 0 Å². The van der Waals surface area contributed by atoms with Gasteiger partial charge in [0.05, 0.1) is 11.7 Å². The topological polar surface area (TPSA) is 64.1 Å². The molecule has 3 N–H and O–H groups in total. The fraction of sp³-hybridized carbons (Fsp3) is 0.700. The third kappa shape index (κ3) is 2.26. The summed E-state index contributed by atoms with van der Waals surface area (Å²) >= 11 is 0. The van der Waals surface area contributed by atoms with Gasteiger partial charge in [-0.3, -0.25) is 0 Å². The maximum Gasteiger partial charge on any atom is 0.125 e. The van der Waals surface area contributed by atoms with Crippen LogP contribution >= 0.6 is 0 Å². The second-order valence-electron chi connectivity index (χ2n) is 4.46. The fourth-order valence-corrected chi connectivity index (χ4v) is 1.39. The number of nitrogens with two attached hydrogens (primary N) is 1. The average Bonchev–Trinajstić information content (AvgIpc) is 2.42. The highest BCUT2D eigenvalue weighted by Gasteiger charge is 2.18. The number of hydrogen-bond acceptors (Lipinski definition) is 3. The molecule has 0 bridgehead atoms. The van der Waals surface area contributed by atoms with Crippen molar-refractivity contribution in [1.29, 1.82) is 0 Å². The van der Waals surface area contributed by atoms with E-state index in [0.717, 1.165) is 18.4 Å². The molecule has 14 heavy (non-hydrogen) atoms. The smallest absolute Gasteiger partial charge is 0.125 e. The van der Waals surface area contributed by atoms with Gasteiger partial charge < -0.3 is 10.8 Å².